The van der Waals surface area contributed by atoms with Crippen LogP contribution in [0.15, 0.2) is 60.8 Å². The Labute approximate surface area is 151 Å². The van der Waals surface area contributed by atoms with E-state index in [2.05, 4.69) is 10.4 Å². The molecule has 5 nitrogen and oxygen atoms in total. The Kier molecular flexibility index (Phi) is 5.43. The normalized spacial score (nSPS) is 12.0. The first kappa shape index (κ1) is 17.8. The summed E-state index contributed by atoms with van der Waals surface area (Å²) in [7, 11) is 1.74. The van der Waals surface area contributed by atoms with Crippen LogP contribution in [0.1, 0.15) is 15.9 Å². The molecule has 1 amide bonds. The van der Waals surface area contributed by atoms with Crippen LogP contribution in [0.2, 0.25) is 0 Å². The number of aromatic nitrogens is 2. The first-order chi connectivity index (χ1) is 12.6. The second kappa shape index (κ2) is 7.93. The highest BCUT2D eigenvalue weighted by Crippen LogP contribution is 2.23. The number of nitrogens with two attached hydrogens (primary N) is 1. The molecule has 0 bridgehead atoms. The minimum absolute atomic E-state index is 0.218. The molecule has 134 valence electrons. The lowest BCUT2D eigenvalue weighted by Gasteiger charge is -2.17. The maximum Gasteiger partial charge on any atom is 0.251 e. The second-order valence-electron chi connectivity index (χ2n) is 6.13. The number of hydrogen-bond donors (Lipinski definition) is 2. The van der Waals surface area contributed by atoms with Crippen LogP contribution in [0.3, 0.4) is 0 Å². The number of benzene rings is 2. The van der Waals surface area contributed by atoms with Crippen molar-refractivity contribution in [2.24, 2.45) is 12.8 Å². The Morgan fingerprint density at radius 1 is 1.23 bits per heavy atom. The molecule has 6 heteroatoms. The van der Waals surface area contributed by atoms with Crippen molar-refractivity contribution < 1.29 is 9.18 Å². The maximum atomic E-state index is 14.5. The third-order valence-electron chi connectivity index (χ3n) is 4.27. The van der Waals surface area contributed by atoms with Crippen molar-refractivity contribution >= 4 is 5.91 Å². The van der Waals surface area contributed by atoms with E-state index in [0.717, 1.165) is 5.56 Å². The lowest BCUT2D eigenvalue weighted by atomic mass is 10.0. The third-order valence-corrected chi connectivity index (χ3v) is 4.27. The van der Waals surface area contributed by atoms with Gasteiger partial charge in [0.25, 0.3) is 5.91 Å². The van der Waals surface area contributed by atoms with Gasteiger partial charge < -0.3 is 11.1 Å². The van der Waals surface area contributed by atoms with E-state index in [4.69, 9.17) is 5.73 Å². The largest absolute Gasteiger partial charge is 0.348 e. The molecule has 0 saturated carbocycles. The van der Waals surface area contributed by atoms with Crippen LogP contribution in [-0.2, 0) is 13.5 Å². The van der Waals surface area contributed by atoms with Crippen LogP contribution < -0.4 is 11.1 Å². The summed E-state index contributed by atoms with van der Waals surface area (Å²) < 4.78 is 16.1. The van der Waals surface area contributed by atoms with E-state index in [1.807, 2.05) is 30.3 Å². The first-order valence-corrected chi connectivity index (χ1v) is 8.41. The number of aryl methyl sites for hydroxylation is 1. The van der Waals surface area contributed by atoms with E-state index in [0.29, 0.717) is 24.2 Å². The summed E-state index contributed by atoms with van der Waals surface area (Å²) in [6, 6.07) is 15.7. The summed E-state index contributed by atoms with van der Waals surface area (Å²) in [5.74, 6) is -0.805. The molecular formula is C20H21FN4O. The van der Waals surface area contributed by atoms with Gasteiger partial charge in [0, 0.05) is 37.0 Å². The Bertz CT molecular complexity index is 892. The quantitative estimate of drug-likeness (QED) is 0.716. The molecule has 0 fully saturated rings. The highest BCUT2D eigenvalue weighted by atomic mass is 19.1. The second-order valence-corrected chi connectivity index (χ2v) is 6.13. The molecule has 0 aliphatic carbocycles. The fraction of sp³-hybridized carbons (Fsp3) is 0.200. The highest BCUT2D eigenvalue weighted by Gasteiger charge is 2.16. The highest BCUT2D eigenvalue weighted by molar-refractivity contribution is 5.95. The SMILES string of the molecule is Cn1nccc1-c1ccc(C(=O)NC(CN)Cc2ccccc2)cc1F. The van der Waals surface area contributed by atoms with Crippen LogP contribution in [0.25, 0.3) is 11.3 Å². The van der Waals surface area contributed by atoms with Crippen molar-refractivity contribution in [2.45, 2.75) is 12.5 Å². The molecule has 1 aromatic heterocycles. The number of nitrogens with one attached hydrogen (secondary N) is 1. The molecule has 3 N–H and O–H groups in total. The van der Waals surface area contributed by atoms with Crippen molar-refractivity contribution in [1.29, 1.82) is 0 Å². The fourth-order valence-electron chi connectivity index (χ4n) is 2.86. The van der Waals surface area contributed by atoms with Crippen LogP contribution in [0, 0.1) is 5.82 Å². The Hall–Kier alpha value is -2.99. The molecule has 0 saturated heterocycles. The topological polar surface area (TPSA) is 72.9 Å². The van der Waals surface area contributed by atoms with Gasteiger partial charge in [-0.1, -0.05) is 30.3 Å². The Balaban J connectivity index is 1.73. The van der Waals surface area contributed by atoms with Gasteiger partial charge in [0.1, 0.15) is 5.82 Å². The van der Waals surface area contributed by atoms with Gasteiger partial charge in [-0.3, -0.25) is 9.48 Å². The summed E-state index contributed by atoms with van der Waals surface area (Å²) in [5, 5.41) is 6.91. The number of carbonyl (C=O) groups is 1. The summed E-state index contributed by atoms with van der Waals surface area (Å²) in [4.78, 5) is 12.5. The lowest BCUT2D eigenvalue weighted by molar-refractivity contribution is 0.0937. The monoisotopic (exact) mass is 352 g/mol. The van der Waals surface area contributed by atoms with Crippen LogP contribution in [-0.4, -0.2) is 28.3 Å². The van der Waals surface area contributed by atoms with Gasteiger partial charge in [-0.2, -0.15) is 5.10 Å². The van der Waals surface area contributed by atoms with Gasteiger partial charge in [0.15, 0.2) is 0 Å². The van der Waals surface area contributed by atoms with Crippen LogP contribution >= 0.6 is 0 Å². The zero-order valence-electron chi connectivity index (χ0n) is 14.5. The van der Waals surface area contributed by atoms with E-state index in [9.17, 15) is 9.18 Å². The number of hydrogen-bond acceptors (Lipinski definition) is 3. The standard InChI is InChI=1S/C20H21FN4O/c1-25-19(9-10-23-25)17-8-7-15(12-18(17)21)20(26)24-16(13-22)11-14-5-3-2-4-6-14/h2-10,12,16H,11,13,22H2,1H3,(H,24,26). The van der Waals surface area contributed by atoms with E-state index < -0.39 is 5.82 Å². The van der Waals surface area contributed by atoms with Gasteiger partial charge in [0.05, 0.1) is 5.69 Å². The van der Waals surface area contributed by atoms with E-state index in [1.165, 1.54) is 6.07 Å². The molecule has 3 aromatic rings. The van der Waals surface area contributed by atoms with E-state index in [1.54, 1.807) is 36.1 Å². The third kappa shape index (κ3) is 3.97. The Morgan fingerprint density at radius 2 is 2.00 bits per heavy atom. The van der Waals surface area contributed by atoms with Crippen molar-refractivity contribution in [2.75, 3.05) is 6.54 Å². The summed E-state index contributed by atoms with van der Waals surface area (Å²) in [6.07, 6.45) is 2.23. The van der Waals surface area contributed by atoms with Gasteiger partial charge in [-0.25, -0.2) is 4.39 Å². The van der Waals surface area contributed by atoms with Crippen molar-refractivity contribution in [3.63, 3.8) is 0 Å². The first-order valence-electron chi connectivity index (χ1n) is 8.41. The number of nitrogens with zero attached hydrogens (tertiary/aromatic N) is 2. The van der Waals surface area contributed by atoms with Crippen LogP contribution in [0.5, 0.6) is 0 Å². The predicted molar refractivity (Wildman–Crippen MR) is 99.1 cm³/mol. The number of amides is 1. The smallest absolute Gasteiger partial charge is 0.251 e. The molecule has 1 unspecified atom stereocenters. The minimum atomic E-state index is -0.464. The van der Waals surface area contributed by atoms with Crippen molar-refractivity contribution in [3.8, 4) is 11.3 Å². The van der Waals surface area contributed by atoms with Gasteiger partial charge in [-0.15, -0.1) is 0 Å². The molecule has 0 aliphatic heterocycles. The lowest BCUT2D eigenvalue weighted by Crippen LogP contribution is -2.41. The van der Waals surface area contributed by atoms with E-state index >= 15 is 0 Å². The molecule has 2 aromatic carbocycles. The summed E-state index contributed by atoms with van der Waals surface area (Å²) >= 11 is 0. The number of halogens is 1. The summed E-state index contributed by atoms with van der Waals surface area (Å²) in [5.41, 5.74) is 8.19. The average molecular weight is 352 g/mol. The zero-order chi connectivity index (χ0) is 18.5. The van der Waals surface area contributed by atoms with Crippen molar-refractivity contribution in [3.05, 3.63) is 77.7 Å². The van der Waals surface area contributed by atoms with Gasteiger partial charge in [-0.05, 0) is 36.2 Å². The average Bonchev–Trinajstić information content (AvgIpc) is 3.07. The number of rotatable bonds is 6. The van der Waals surface area contributed by atoms with Gasteiger partial charge in [0.2, 0.25) is 0 Å². The molecular weight excluding hydrogens is 331 g/mol. The fourth-order valence-corrected chi connectivity index (χ4v) is 2.86. The van der Waals surface area contributed by atoms with Crippen LogP contribution in [0.4, 0.5) is 4.39 Å². The summed E-state index contributed by atoms with van der Waals surface area (Å²) in [6.45, 7) is 0.302. The molecule has 0 spiro atoms. The maximum absolute atomic E-state index is 14.5. The molecule has 0 aliphatic rings. The van der Waals surface area contributed by atoms with Gasteiger partial charge >= 0.3 is 0 Å². The molecule has 1 heterocycles. The van der Waals surface area contributed by atoms with E-state index in [-0.39, 0.29) is 17.5 Å². The molecule has 26 heavy (non-hydrogen) atoms. The molecule has 1 atom stereocenters. The number of carbonyl (C=O) groups excluding carboxylic acids is 1. The zero-order valence-corrected chi connectivity index (χ0v) is 14.5. The predicted octanol–water partition coefficient (Wildman–Crippen LogP) is 2.53. The molecule has 3 rings (SSSR count). The minimum Gasteiger partial charge on any atom is -0.348 e. The Morgan fingerprint density at radius 3 is 2.62 bits per heavy atom. The van der Waals surface area contributed by atoms with Crippen molar-refractivity contribution in [1.82, 2.24) is 15.1 Å². The molecule has 0 radical (unpaired) electrons.